The van der Waals surface area contributed by atoms with Gasteiger partial charge in [-0.2, -0.15) is 5.26 Å². The summed E-state index contributed by atoms with van der Waals surface area (Å²) in [6.45, 7) is 4.47. The Balaban J connectivity index is 1.58. The van der Waals surface area contributed by atoms with Gasteiger partial charge < -0.3 is 10.2 Å². The lowest BCUT2D eigenvalue weighted by Gasteiger charge is -2.45. The van der Waals surface area contributed by atoms with Crippen LogP contribution in [0.25, 0.3) is 0 Å². The van der Waals surface area contributed by atoms with Crippen LogP contribution in [0.4, 0.5) is 0 Å². The highest BCUT2D eigenvalue weighted by Crippen LogP contribution is 2.27. The summed E-state index contributed by atoms with van der Waals surface area (Å²) in [5, 5.41) is 13.0. The van der Waals surface area contributed by atoms with Crippen LogP contribution in [-0.2, 0) is 0 Å². The molecule has 1 N–H and O–H groups in total. The van der Waals surface area contributed by atoms with Gasteiger partial charge in [-0.05, 0) is 37.4 Å². The predicted octanol–water partition coefficient (Wildman–Crippen LogP) is 1.98. The summed E-state index contributed by atoms with van der Waals surface area (Å²) >= 11 is 0. The summed E-state index contributed by atoms with van der Waals surface area (Å²) in [4.78, 5) is 2.54. The number of nitrogens with zero attached hydrogens (tertiary/aromatic N) is 2. The average molecular weight is 255 g/mol. The molecule has 3 heterocycles. The third-order valence-corrected chi connectivity index (χ3v) is 4.60. The summed E-state index contributed by atoms with van der Waals surface area (Å²) in [5.41, 5.74) is 1.12. The number of nitriles is 1. The Hall–Kier alpha value is -1.37. The van der Waals surface area contributed by atoms with Crippen LogP contribution < -0.4 is 5.32 Å². The van der Waals surface area contributed by atoms with Crippen molar-refractivity contribution in [2.45, 2.75) is 24.8 Å². The molecule has 100 valence electrons. The summed E-state index contributed by atoms with van der Waals surface area (Å²) < 4.78 is 0. The zero-order valence-electron chi connectivity index (χ0n) is 11.3. The van der Waals surface area contributed by atoms with E-state index in [4.69, 9.17) is 0 Å². The zero-order valence-corrected chi connectivity index (χ0v) is 11.3. The van der Waals surface area contributed by atoms with Gasteiger partial charge in [-0.15, -0.1) is 0 Å². The lowest BCUT2D eigenvalue weighted by Crippen LogP contribution is -2.56. The van der Waals surface area contributed by atoms with E-state index in [1.807, 2.05) is 30.3 Å². The summed E-state index contributed by atoms with van der Waals surface area (Å²) in [7, 11) is 0. The molecular formula is C16H21N3. The molecular weight excluding hydrogens is 234 g/mol. The van der Waals surface area contributed by atoms with E-state index >= 15 is 0 Å². The highest BCUT2D eigenvalue weighted by molar-refractivity contribution is 5.25. The highest BCUT2D eigenvalue weighted by atomic mass is 15.2. The summed E-state index contributed by atoms with van der Waals surface area (Å²) in [6.07, 6.45) is 2.64. The summed E-state index contributed by atoms with van der Waals surface area (Å²) in [5.74, 6) is 0.789. The van der Waals surface area contributed by atoms with Gasteiger partial charge in [-0.3, -0.25) is 0 Å². The Bertz CT molecular complexity index is 443. The van der Waals surface area contributed by atoms with Crippen molar-refractivity contribution in [2.24, 2.45) is 5.92 Å². The molecule has 2 unspecified atom stereocenters. The molecule has 2 bridgehead atoms. The molecule has 0 aromatic heterocycles. The zero-order chi connectivity index (χ0) is 13.1. The molecule has 1 aromatic carbocycles. The lowest BCUT2D eigenvalue weighted by atomic mass is 9.84. The molecule has 0 amide bonds. The number of hydrogen-bond acceptors (Lipinski definition) is 3. The number of piperidine rings is 3. The molecule has 1 aromatic rings. The maximum atomic E-state index is 9.34. The molecule has 3 aliphatic heterocycles. The van der Waals surface area contributed by atoms with Gasteiger partial charge in [0.1, 0.15) is 0 Å². The lowest BCUT2D eigenvalue weighted by molar-refractivity contribution is 0.0727. The van der Waals surface area contributed by atoms with Crippen molar-refractivity contribution in [1.82, 2.24) is 10.2 Å². The molecule has 0 radical (unpaired) electrons. The molecule has 4 rings (SSSR count). The van der Waals surface area contributed by atoms with E-state index in [0.29, 0.717) is 6.04 Å². The van der Waals surface area contributed by atoms with Crippen LogP contribution >= 0.6 is 0 Å². The van der Waals surface area contributed by atoms with E-state index in [0.717, 1.165) is 24.6 Å². The normalized spacial score (nSPS) is 30.8. The summed E-state index contributed by atoms with van der Waals surface area (Å²) in [6, 6.07) is 13.1. The fraction of sp³-hybridized carbons (Fsp3) is 0.562. The van der Waals surface area contributed by atoms with Crippen LogP contribution in [0, 0.1) is 17.2 Å². The van der Waals surface area contributed by atoms with E-state index in [1.54, 1.807) is 0 Å². The molecule has 3 heteroatoms. The topological polar surface area (TPSA) is 39.1 Å². The first-order valence-corrected chi connectivity index (χ1v) is 7.27. The predicted molar refractivity (Wildman–Crippen MR) is 75.8 cm³/mol. The Morgan fingerprint density at radius 3 is 2.58 bits per heavy atom. The van der Waals surface area contributed by atoms with Crippen molar-refractivity contribution >= 4 is 0 Å². The van der Waals surface area contributed by atoms with E-state index in [9.17, 15) is 5.26 Å². The van der Waals surface area contributed by atoms with Crippen molar-refractivity contribution < 1.29 is 0 Å². The third-order valence-electron chi connectivity index (χ3n) is 4.60. The molecule has 19 heavy (non-hydrogen) atoms. The Kier molecular flexibility index (Phi) is 3.82. The molecule has 0 spiro atoms. The van der Waals surface area contributed by atoms with Crippen molar-refractivity contribution in [1.29, 1.82) is 5.26 Å². The van der Waals surface area contributed by atoms with Crippen LogP contribution in [0.3, 0.4) is 0 Å². The Morgan fingerprint density at radius 1 is 1.26 bits per heavy atom. The van der Waals surface area contributed by atoms with Gasteiger partial charge in [0, 0.05) is 19.1 Å². The first-order valence-electron chi connectivity index (χ1n) is 7.27. The minimum Gasteiger partial charge on any atom is -0.311 e. The van der Waals surface area contributed by atoms with Crippen molar-refractivity contribution in [3.05, 3.63) is 35.9 Å². The minimum absolute atomic E-state index is 0.0309. The number of nitrogens with one attached hydrogen (secondary N) is 1. The quantitative estimate of drug-likeness (QED) is 0.894. The number of benzene rings is 1. The van der Waals surface area contributed by atoms with E-state index in [-0.39, 0.29) is 5.92 Å². The van der Waals surface area contributed by atoms with Crippen LogP contribution in [0.1, 0.15) is 24.3 Å². The van der Waals surface area contributed by atoms with Crippen LogP contribution in [0.15, 0.2) is 30.3 Å². The maximum Gasteiger partial charge on any atom is 0.0837 e. The standard InChI is InChI=1S/C16H21N3/c17-10-15(13-4-2-1-3-5-13)11-18-16-12-19-8-6-14(16)7-9-19/h1-5,14-16,18H,6-9,11-12H2. The van der Waals surface area contributed by atoms with Gasteiger partial charge in [0.25, 0.3) is 0 Å². The van der Waals surface area contributed by atoms with Gasteiger partial charge in [-0.1, -0.05) is 30.3 Å². The van der Waals surface area contributed by atoms with Gasteiger partial charge in [0.2, 0.25) is 0 Å². The fourth-order valence-electron chi connectivity index (χ4n) is 3.39. The van der Waals surface area contributed by atoms with Crippen molar-refractivity contribution in [2.75, 3.05) is 26.2 Å². The van der Waals surface area contributed by atoms with Crippen LogP contribution in [0.5, 0.6) is 0 Å². The second-order valence-electron chi connectivity index (χ2n) is 5.75. The molecule has 3 nitrogen and oxygen atoms in total. The van der Waals surface area contributed by atoms with Crippen LogP contribution in [-0.4, -0.2) is 37.1 Å². The molecule has 3 saturated heterocycles. The van der Waals surface area contributed by atoms with E-state index in [1.165, 1.54) is 25.9 Å². The van der Waals surface area contributed by atoms with Gasteiger partial charge in [-0.25, -0.2) is 0 Å². The Labute approximate surface area is 115 Å². The molecule has 2 atom stereocenters. The minimum atomic E-state index is -0.0309. The molecule has 0 aliphatic carbocycles. The van der Waals surface area contributed by atoms with Gasteiger partial charge >= 0.3 is 0 Å². The number of hydrogen-bond donors (Lipinski definition) is 1. The first-order chi connectivity index (χ1) is 9.36. The van der Waals surface area contributed by atoms with Crippen molar-refractivity contribution in [3.8, 4) is 6.07 Å². The highest BCUT2D eigenvalue weighted by Gasteiger charge is 2.33. The third kappa shape index (κ3) is 2.80. The fourth-order valence-corrected chi connectivity index (χ4v) is 3.39. The second kappa shape index (κ2) is 5.73. The van der Waals surface area contributed by atoms with Crippen LogP contribution in [0.2, 0.25) is 0 Å². The SMILES string of the molecule is N#CC(CNC1CN2CCC1CC2)c1ccccc1. The van der Waals surface area contributed by atoms with Crippen molar-refractivity contribution in [3.63, 3.8) is 0 Å². The first kappa shape index (κ1) is 12.7. The van der Waals surface area contributed by atoms with Gasteiger partial charge in [0.05, 0.1) is 12.0 Å². The molecule has 0 saturated carbocycles. The van der Waals surface area contributed by atoms with E-state index in [2.05, 4.69) is 16.3 Å². The van der Waals surface area contributed by atoms with Gasteiger partial charge in [0.15, 0.2) is 0 Å². The Morgan fingerprint density at radius 2 is 2.00 bits per heavy atom. The molecule has 3 aliphatic rings. The molecule has 3 fully saturated rings. The maximum absolute atomic E-state index is 9.34. The van der Waals surface area contributed by atoms with E-state index < -0.39 is 0 Å². The number of rotatable bonds is 4. The average Bonchev–Trinajstić information content (AvgIpc) is 2.50. The largest absolute Gasteiger partial charge is 0.311 e. The second-order valence-corrected chi connectivity index (χ2v) is 5.75. The monoisotopic (exact) mass is 255 g/mol. The smallest absolute Gasteiger partial charge is 0.0837 e. The number of fused-ring (bicyclic) bond motifs is 3.